The minimum absolute atomic E-state index is 0.0432. The van der Waals surface area contributed by atoms with Crippen molar-refractivity contribution < 1.29 is 18.0 Å². The van der Waals surface area contributed by atoms with Gasteiger partial charge in [-0.05, 0) is 30.7 Å². The Kier molecular flexibility index (Phi) is 6.16. The summed E-state index contributed by atoms with van der Waals surface area (Å²) in [5.41, 5.74) is 0.000310. The molecule has 0 bridgehead atoms. The fourth-order valence-corrected chi connectivity index (χ4v) is 2.82. The van der Waals surface area contributed by atoms with Crippen molar-refractivity contribution in [2.45, 2.75) is 12.6 Å². The van der Waals surface area contributed by atoms with Gasteiger partial charge in [-0.3, -0.25) is 4.79 Å². The molecule has 9 heteroatoms. The Bertz CT molecular complexity index is 956. The van der Waals surface area contributed by atoms with E-state index in [0.717, 1.165) is 23.0 Å². The summed E-state index contributed by atoms with van der Waals surface area (Å²) in [6.07, 6.45) is -2.64. The van der Waals surface area contributed by atoms with Crippen LogP contribution < -0.4 is 10.2 Å². The molecule has 29 heavy (non-hydrogen) atoms. The van der Waals surface area contributed by atoms with Gasteiger partial charge in [-0.1, -0.05) is 35.5 Å². The monoisotopic (exact) mass is 403 g/mol. The molecule has 0 fully saturated rings. The molecule has 1 N–H and O–H groups in total. The van der Waals surface area contributed by atoms with Gasteiger partial charge in [-0.25, -0.2) is 4.68 Å². The fourth-order valence-electron chi connectivity index (χ4n) is 2.82. The van der Waals surface area contributed by atoms with Crippen LogP contribution in [0.15, 0.2) is 60.8 Å². The summed E-state index contributed by atoms with van der Waals surface area (Å²) in [7, 11) is 1.96. The lowest BCUT2D eigenvalue weighted by atomic mass is 10.1. The van der Waals surface area contributed by atoms with Crippen molar-refractivity contribution in [1.29, 1.82) is 0 Å². The maximum Gasteiger partial charge on any atom is 0.418 e. The van der Waals surface area contributed by atoms with E-state index in [4.69, 9.17) is 0 Å². The van der Waals surface area contributed by atoms with Crippen LogP contribution in [0.2, 0.25) is 0 Å². The first-order valence-corrected chi connectivity index (χ1v) is 8.99. The van der Waals surface area contributed by atoms with E-state index in [1.54, 1.807) is 0 Å². The van der Waals surface area contributed by atoms with Crippen LogP contribution in [0, 0.1) is 0 Å². The third-order valence-corrected chi connectivity index (χ3v) is 4.34. The highest BCUT2D eigenvalue weighted by atomic mass is 19.4. The van der Waals surface area contributed by atoms with E-state index in [-0.39, 0.29) is 11.4 Å². The van der Waals surface area contributed by atoms with Gasteiger partial charge in [-0.2, -0.15) is 13.2 Å². The molecule has 0 unspecified atom stereocenters. The van der Waals surface area contributed by atoms with Crippen molar-refractivity contribution in [3.63, 3.8) is 0 Å². The second kappa shape index (κ2) is 8.76. The Morgan fingerprint density at radius 2 is 1.79 bits per heavy atom. The van der Waals surface area contributed by atoms with Gasteiger partial charge >= 0.3 is 6.18 Å². The minimum atomic E-state index is -4.53. The van der Waals surface area contributed by atoms with Gasteiger partial charge < -0.3 is 10.2 Å². The van der Waals surface area contributed by atoms with Crippen molar-refractivity contribution in [3.8, 4) is 5.69 Å². The predicted octanol–water partition coefficient (Wildman–Crippen LogP) is 3.54. The highest BCUT2D eigenvalue weighted by molar-refractivity contribution is 5.91. The number of hydrogen-bond acceptors (Lipinski definition) is 4. The number of halogens is 3. The van der Waals surface area contributed by atoms with Gasteiger partial charge in [0.1, 0.15) is 0 Å². The molecule has 1 heterocycles. The maximum absolute atomic E-state index is 13.1. The van der Waals surface area contributed by atoms with Crippen LogP contribution in [0.25, 0.3) is 5.69 Å². The van der Waals surface area contributed by atoms with Crippen LogP contribution in [0.3, 0.4) is 0 Å². The second-order valence-electron chi connectivity index (χ2n) is 6.43. The highest BCUT2D eigenvalue weighted by Gasteiger charge is 2.34. The quantitative estimate of drug-likeness (QED) is 0.613. The zero-order chi connectivity index (χ0) is 20.9. The zero-order valence-electron chi connectivity index (χ0n) is 15.7. The molecule has 0 atom stereocenters. The Balaban J connectivity index is 1.57. The average Bonchev–Trinajstić information content (AvgIpc) is 3.21. The van der Waals surface area contributed by atoms with E-state index in [2.05, 4.69) is 20.5 Å². The number of rotatable bonds is 7. The highest BCUT2D eigenvalue weighted by Crippen LogP contribution is 2.33. The number of carbonyl (C=O) groups excluding carboxylic acids is 1. The van der Waals surface area contributed by atoms with Gasteiger partial charge in [0.05, 0.1) is 17.4 Å². The van der Waals surface area contributed by atoms with Crippen LogP contribution in [0.1, 0.15) is 22.5 Å². The van der Waals surface area contributed by atoms with Gasteiger partial charge in [0.15, 0.2) is 5.69 Å². The molecule has 0 spiro atoms. The largest absolute Gasteiger partial charge is 0.418 e. The standard InChI is InChI=1S/C20H20F3N5O/c1-27(15-8-3-2-4-9-15)13-7-12-24-19(29)17-14-28(26-25-17)18-11-6-5-10-16(18)20(21,22)23/h2-6,8-11,14H,7,12-13H2,1H3,(H,24,29). The van der Waals surface area contributed by atoms with E-state index in [1.807, 2.05) is 37.4 Å². The summed E-state index contributed by atoms with van der Waals surface area (Å²) in [5, 5.41) is 10.1. The summed E-state index contributed by atoms with van der Waals surface area (Å²) in [5.74, 6) is -0.483. The molecule has 152 valence electrons. The smallest absolute Gasteiger partial charge is 0.375 e. The molecule has 3 rings (SSSR count). The number of nitrogens with zero attached hydrogens (tertiary/aromatic N) is 4. The zero-order valence-corrected chi connectivity index (χ0v) is 15.7. The van der Waals surface area contributed by atoms with E-state index in [0.29, 0.717) is 13.0 Å². The Hall–Kier alpha value is -3.36. The number of hydrogen-bond donors (Lipinski definition) is 1. The number of carbonyl (C=O) groups is 1. The lowest BCUT2D eigenvalue weighted by Gasteiger charge is -2.19. The summed E-state index contributed by atoms with van der Waals surface area (Å²) >= 11 is 0. The number of benzene rings is 2. The number of aromatic nitrogens is 3. The predicted molar refractivity (Wildman–Crippen MR) is 103 cm³/mol. The van der Waals surface area contributed by atoms with Gasteiger partial charge in [0, 0.05) is 25.8 Å². The topological polar surface area (TPSA) is 63.1 Å². The average molecular weight is 403 g/mol. The first-order chi connectivity index (χ1) is 13.9. The molecule has 0 saturated heterocycles. The minimum Gasteiger partial charge on any atom is -0.375 e. The summed E-state index contributed by atoms with van der Waals surface area (Å²) in [4.78, 5) is 14.3. The van der Waals surface area contributed by atoms with E-state index in [1.165, 1.54) is 24.4 Å². The molecule has 0 aliphatic carbocycles. The molecule has 2 aromatic carbocycles. The summed E-state index contributed by atoms with van der Waals surface area (Å²) < 4.78 is 40.4. The summed E-state index contributed by atoms with van der Waals surface area (Å²) in [6.45, 7) is 1.14. The number of anilines is 1. The van der Waals surface area contributed by atoms with E-state index < -0.39 is 17.6 Å². The summed E-state index contributed by atoms with van der Waals surface area (Å²) in [6, 6.07) is 14.8. The maximum atomic E-state index is 13.1. The van der Waals surface area contributed by atoms with Gasteiger partial charge in [0.2, 0.25) is 0 Å². The van der Waals surface area contributed by atoms with Crippen molar-refractivity contribution in [3.05, 3.63) is 72.1 Å². The SMILES string of the molecule is CN(CCCNC(=O)c1cn(-c2ccccc2C(F)(F)F)nn1)c1ccccc1. The van der Waals surface area contributed by atoms with Gasteiger partial charge in [-0.15, -0.1) is 5.10 Å². The van der Waals surface area contributed by atoms with E-state index >= 15 is 0 Å². The third kappa shape index (κ3) is 5.13. The molecule has 1 amide bonds. The van der Waals surface area contributed by atoms with Crippen LogP contribution in [0.4, 0.5) is 18.9 Å². The first kappa shape index (κ1) is 20.4. The molecule has 0 aliphatic heterocycles. The Morgan fingerprint density at radius 1 is 1.10 bits per heavy atom. The number of para-hydroxylation sites is 2. The van der Waals surface area contributed by atoms with Crippen LogP contribution >= 0.6 is 0 Å². The number of alkyl halides is 3. The normalized spacial score (nSPS) is 11.3. The number of nitrogens with one attached hydrogen (secondary N) is 1. The van der Waals surface area contributed by atoms with Crippen molar-refractivity contribution in [1.82, 2.24) is 20.3 Å². The molecule has 6 nitrogen and oxygen atoms in total. The van der Waals surface area contributed by atoms with Crippen molar-refractivity contribution >= 4 is 11.6 Å². The first-order valence-electron chi connectivity index (χ1n) is 8.99. The van der Waals surface area contributed by atoms with Crippen LogP contribution in [0.5, 0.6) is 0 Å². The van der Waals surface area contributed by atoms with Crippen LogP contribution in [-0.2, 0) is 6.18 Å². The second-order valence-corrected chi connectivity index (χ2v) is 6.43. The van der Waals surface area contributed by atoms with Crippen LogP contribution in [-0.4, -0.2) is 41.0 Å². The molecular weight excluding hydrogens is 383 g/mol. The third-order valence-electron chi connectivity index (χ3n) is 4.34. The van der Waals surface area contributed by atoms with Crippen molar-refractivity contribution in [2.75, 3.05) is 25.0 Å². The fraction of sp³-hybridized carbons (Fsp3) is 0.250. The van der Waals surface area contributed by atoms with Crippen molar-refractivity contribution in [2.24, 2.45) is 0 Å². The molecule has 1 aromatic heterocycles. The number of amides is 1. The Labute approximate surface area is 165 Å². The molecule has 0 aliphatic rings. The molecule has 3 aromatic rings. The van der Waals surface area contributed by atoms with E-state index in [9.17, 15) is 18.0 Å². The van der Waals surface area contributed by atoms with Gasteiger partial charge in [0.25, 0.3) is 5.91 Å². The Morgan fingerprint density at radius 3 is 2.52 bits per heavy atom. The lowest BCUT2D eigenvalue weighted by molar-refractivity contribution is -0.137. The molecular formula is C20H20F3N5O. The molecule has 0 radical (unpaired) electrons. The lowest BCUT2D eigenvalue weighted by Crippen LogP contribution is -2.28. The molecule has 0 saturated carbocycles.